The van der Waals surface area contributed by atoms with E-state index in [2.05, 4.69) is 13.8 Å². The Morgan fingerprint density at radius 3 is 1.36 bits per heavy atom. The molecule has 0 saturated heterocycles. The molecule has 0 fully saturated rings. The van der Waals surface area contributed by atoms with Gasteiger partial charge >= 0.3 is 11.9 Å². The molecule has 0 aromatic carbocycles. The van der Waals surface area contributed by atoms with Gasteiger partial charge in [-0.3, -0.25) is 9.59 Å². The van der Waals surface area contributed by atoms with Gasteiger partial charge in [-0.2, -0.15) is 0 Å². The smallest absolute Gasteiger partial charge is 0.318 e. The first-order valence-corrected chi connectivity index (χ1v) is 14.9. The normalized spacial score (nSPS) is 12.1. The molecule has 0 saturated carbocycles. The number of aliphatic carboxylic acids is 1. The molecule has 0 aromatic heterocycles. The quantitative estimate of drug-likeness (QED) is 0.0973. The summed E-state index contributed by atoms with van der Waals surface area (Å²) in [6, 6.07) is 0. The summed E-state index contributed by atoms with van der Waals surface area (Å²) >= 11 is 1.18. The standard InChI is InChI=1S/C28H54O4S/c1-3-4-5-6-7-8-9-10-11-12-13-14-15-16-17-18-19-20-21-22-23-26(2)33-32-28(31)25-24-27(29)30/h26H,3-25H2,1-2H3,(H,29,30). The molecule has 0 heterocycles. The van der Waals surface area contributed by atoms with Crippen molar-refractivity contribution in [3.05, 3.63) is 0 Å². The first kappa shape index (κ1) is 32.3. The number of carbonyl (C=O) groups is 2. The second kappa shape index (κ2) is 25.9. The Labute approximate surface area is 209 Å². The van der Waals surface area contributed by atoms with E-state index in [1.165, 1.54) is 140 Å². The van der Waals surface area contributed by atoms with Gasteiger partial charge in [0.2, 0.25) is 0 Å². The molecule has 1 atom stereocenters. The van der Waals surface area contributed by atoms with Crippen LogP contribution in [0.1, 0.15) is 162 Å². The van der Waals surface area contributed by atoms with Crippen LogP contribution in [0.15, 0.2) is 0 Å². The van der Waals surface area contributed by atoms with Crippen LogP contribution in [0.4, 0.5) is 0 Å². The van der Waals surface area contributed by atoms with Crippen LogP contribution in [0, 0.1) is 0 Å². The highest BCUT2D eigenvalue weighted by Gasteiger charge is 2.10. The van der Waals surface area contributed by atoms with E-state index in [4.69, 9.17) is 9.29 Å². The zero-order valence-corrected chi connectivity index (χ0v) is 22.7. The van der Waals surface area contributed by atoms with Crippen LogP contribution in [0.5, 0.6) is 0 Å². The second-order valence-electron chi connectivity index (χ2n) is 9.76. The molecule has 1 N–H and O–H groups in total. The van der Waals surface area contributed by atoms with Crippen molar-refractivity contribution in [1.82, 2.24) is 0 Å². The Hall–Kier alpha value is -0.710. The van der Waals surface area contributed by atoms with Gasteiger partial charge in [0.1, 0.15) is 0 Å². The third kappa shape index (κ3) is 27.4. The predicted octanol–water partition coefficient (Wildman–Crippen LogP) is 9.64. The fourth-order valence-corrected chi connectivity index (χ4v) is 4.74. The molecule has 5 heteroatoms. The number of carboxylic acids is 1. The summed E-state index contributed by atoms with van der Waals surface area (Å²) in [5.41, 5.74) is 0. The zero-order chi connectivity index (χ0) is 24.4. The summed E-state index contributed by atoms with van der Waals surface area (Å²) in [6.07, 6.45) is 28.6. The van der Waals surface area contributed by atoms with Gasteiger partial charge in [0.25, 0.3) is 0 Å². The highest BCUT2D eigenvalue weighted by molar-refractivity contribution is 7.95. The summed E-state index contributed by atoms with van der Waals surface area (Å²) in [4.78, 5) is 21.8. The van der Waals surface area contributed by atoms with Gasteiger partial charge in [-0.15, -0.1) is 0 Å². The summed E-state index contributed by atoms with van der Waals surface area (Å²) in [7, 11) is 0. The maximum absolute atomic E-state index is 11.4. The maximum atomic E-state index is 11.4. The molecule has 0 aliphatic rings. The number of rotatable bonds is 26. The van der Waals surface area contributed by atoms with Crippen LogP contribution in [0.25, 0.3) is 0 Å². The first-order valence-electron chi connectivity index (χ1n) is 14.1. The molecule has 0 rings (SSSR count). The second-order valence-corrected chi connectivity index (χ2v) is 10.9. The molecule has 196 valence electrons. The van der Waals surface area contributed by atoms with Crippen molar-refractivity contribution in [3.8, 4) is 0 Å². The summed E-state index contributed by atoms with van der Waals surface area (Å²) < 4.78 is 5.06. The lowest BCUT2D eigenvalue weighted by atomic mass is 10.0. The fraction of sp³-hybridized carbons (Fsp3) is 0.929. The van der Waals surface area contributed by atoms with E-state index in [0.717, 1.165) is 6.42 Å². The third-order valence-electron chi connectivity index (χ3n) is 6.31. The minimum atomic E-state index is -0.964. The largest absolute Gasteiger partial charge is 0.481 e. The van der Waals surface area contributed by atoms with Gasteiger partial charge in [-0.1, -0.05) is 142 Å². The van der Waals surface area contributed by atoms with Gasteiger partial charge in [-0.05, 0) is 6.42 Å². The van der Waals surface area contributed by atoms with Crippen LogP contribution in [0.2, 0.25) is 0 Å². The highest BCUT2D eigenvalue weighted by atomic mass is 32.2. The SMILES string of the molecule is CCCCCCCCCCCCCCCCCCCCCCC(C)SOC(=O)CCC(=O)O. The molecular formula is C28H54O4S. The van der Waals surface area contributed by atoms with Gasteiger partial charge in [0.05, 0.1) is 24.9 Å². The van der Waals surface area contributed by atoms with Crippen LogP contribution in [0.3, 0.4) is 0 Å². The minimum absolute atomic E-state index is 0.0473. The molecule has 0 aliphatic carbocycles. The molecule has 0 bridgehead atoms. The zero-order valence-electron chi connectivity index (χ0n) is 21.9. The van der Waals surface area contributed by atoms with E-state index < -0.39 is 11.9 Å². The van der Waals surface area contributed by atoms with Crippen molar-refractivity contribution >= 4 is 24.0 Å². The Bertz CT molecular complexity index is 442. The van der Waals surface area contributed by atoms with E-state index in [1.54, 1.807) is 0 Å². The molecule has 0 amide bonds. The highest BCUT2D eigenvalue weighted by Crippen LogP contribution is 2.20. The van der Waals surface area contributed by atoms with E-state index in [0.29, 0.717) is 0 Å². The molecule has 4 nitrogen and oxygen atoms in total. The molecule has 0 radical (unpaired) electrons. The first-order chi connectivity index (χ1) is 16.1. The van der Waals surface area contributed by atoms with E-state index >= 15 is 0 Å². The summed E-state index contributed by atoms with van der Waals surface area (Å²) in [6.45, 7) is 4.35. The van der Waals surface area contributed by atoms with E-state index in [-0.39, 0.29) is 18.1 Å². The Morgan fingerprint density at radius 1 is 0.636 bits per heavy atom. The van der Waals surface area contributed by atoms with Crippen LogP contribution in [-0.2, 0) is 13.8 Å². The van der Waals surface area contributed by atoms with Gasteiger partial charge in [0.15, 0.2) is 0 Å². The predicted molar refractivity (Wildman–Crippen MR) is 143 cm³/mol. The van der Waals surface area contributed by atoms with Crippen molar-refractivity contribution < 1.29 is 18.9 Å². The Kier molecular flexibility index (Phi) is 25.3. The number of unbranched alkanes of at least 4 members (excludes halogenated alkanes) is 19. The summed E-state index contributed by atoms with van der Waals surface area (Å²) in [5.74, 6) is -1.40. The fourth-order valence-electron chi connectivity index (χ4n) is 4.12. The Morgan fingerprint density at radius 2 is 1.00 bits per heavy atom. The third-order valence-corrected chi connectivity index (χ3v) is 7.16. The van der Waals surface area contributed by atoms with Crippen LogP contribution in [-0.4, -0.2) is 22.3 Å². The molecule has 0 aromatic rings. The lowest BCUT2D eigenvalue weighted by molar-refractivity contribution is -0.141. The lowest BCUT2D eigenvalue weighted by Gasteiger charge is -2.10. The number of hydrogen-bond acceptors (Lipinski definition) is 4. The molecule has 0 aliphatic heterocycles. The number of hydrogen-bond donors (Lipinski definition) is 1. The number of carbonyl (C=O) groups excluding carboxylic acids is 1. The van der Waals surface area contributed by atoms with Gasteiger partial charge < -0.3 is 9.29 Å². The van der Waals surface area contributed by atoms with E-state index in [1.807, 2.05) is 0 Å². The van der Waals surface area contributed by atoms with Crippen molar-refractivity contribution in [1.29, 1.82) is 0 Å². The molecule has 0 spiro atoms. The minimum Gasteiger partial charge on any atom is -0.481 e. The topological polar surface area (TPSA) is 63.6 Å². The monoisotopic (exact) mass is 486 g/mol. The molecule has 33 heavy (non-hydrogen) atoms. The van der Waals surface area contributed by atoms with Crippen molar-refractivity contribution in [2.24, 2.45) is 0 Å². The lowest BCUT2D eigenvalue weighted by Crippen LogP contribution is -2.06. The summed E-state index contributed by atoms with van der Waals surface area (Å²) in [5, 5.41) is 8.83. The Balaban J connectivity index is 3.19. The van der Waals surface area contributed by atoms with Gasteiger partial charge in [0, 0.05) is 5.25 Å². The van der Waals surface area contributed by atoms with Crippen molar-refractivity contribution in [2.75, 3.05) is 0 Å². The average Bonchev–Trinajstić information content (AvgIpc) is 2.80. The molecule has 1 unspecified atom stereocenters. The van der Waals surface area contributed by atoms with E-state index in [9.17, 15) is 9.59 Å². The van der Waals surface area contributed by atoms with Crippen molar-refractivity contribution in [3.63, 3.8) is 0 Å². The maximum Gasteiger partial charge on any atom is 0.318 e. The van der Waals surface area contributed by atoms with Crippen LogP contribution >= 0.6 is 12.0 Å². The van der Waals surface area contributed by atoms with Gasteiger partial charge in [-0.25, -0.2) is 0 Å². The molecular weight excluding hydrogens is 432 g/mol. The average molecular weight is 487 g/mol. The number of carboxylic acid groups (broad SMARTS) is 1. The van der Waals surface area contributed by atoms with Crippen LogP contribution < -0.4 is 0 Å². The van der Waals surface area contributed by atoms with Crippen molar-refractivity contribution in [2.45, 2.75) is 167 Å².